The zero-order valence-electron chi connectivity index (χ0n) is 15.6. The van der Waals surface area contributed by atoms with Crippen LogP contribution in [0.5, 0.6) is 5.75 Å². The third kappa shape index (κ3) is 5.07. The van der Waals surface area contributed by atoms with Crippen LogP contribution in [0.1, 0.15) is 27.7 Å². The van der Waals surface area contributed by atoms with E-state index in [1.807, 2.05) is 60.7 Å². The van der Waals surface area contributed by atoms with E-state index < -0.39 is 5.91 Å². The summed E-state index contributed by atoms with van der Waals surface area (Å²) < 4.78 is 11.2. The number of nitrogens with one attached hydrogen (secondary N) is 1. The molecule has 144 valence electrons. The van der Waals surface area contributed by atoms with E-state index in [-0.39, 0.29) is 5.89 Å². The van der Waals surface area contributed by atoms with Gasteiger partial charge in [0.2, 0.25) is 5.89 Å². The number of ether oxygens (including phenoxy) is 1. The van der Waals surface area contributed by atoms with Gasteiger partial charge in [-0.15, -0.1) is 10.2 Å². The zero-order chi connectivity index (χ0) is 19.9. The maximum Gasteiger partial charge on any atom is 0.313 e. The highest BCUT2D eigenvalue weighted by molar-refractivity contribution is 6.00. The molecule has 1 heterocycles. The van der Waals surface area contributed by atoms with Crippen LogP contribution in [0, 0.1) is 0 Å². The monoisotopic (exact) mass is 385 g/mol. The van der Waals surface area contributed by atoms with Crippen LogP contribution in [0.2, 0.25) is 0 Å². The van der Waals surface area contributed by atoms with Crippen LogP contribution >= 0.6 is 0 Å². The number of anilines is 1. The number of carbonyl (C=O) groups excluding carboxylic acids is 1. The van der Waals surface area contributed by atoms with Crippen molar-refractivity contribution in [3.63, 3.8) is 0 Å². The Bertz CT molecular complexity index is 1060. The van der Waals surface area contributed by atoms with Gasteiger partial charge in [0.05, 0.1) is 6.42 Å². The Hall–Kier alpha value is -3.93. The lowest BCUT2D eigenvalue weighted by Crippen LogP contribution is -2.12. The smallest absolute Gasteiger partial charge is 0.313 e. The van der Waals surface area contributed by atoms with E-state index in [1.165, 1.54) is 0 Å². The second-order valence-electron chi connectivity index (χ2n) is 6.42. The minimum Gasteiger partial charge on any atom is -0.489 e. The molecule has 0 fully saturated rings. The first-order valence-corrected chi connectivity index (χ1v) is 9.21. The fourth-order valence-electron chi connectivity index (χ4n) is 2.75. The molecule has 0 aliphatic heterocycles. The quantitative estimate of drug-likeness (QED) is 0.507. The Kier molecular flexibility index (Phi) is 5.62. The standard InChI is InChI=1S/C23H19N3O3/c27-22(23-26-25-21(29-23)15-17-7-3-1-4-8-17)24-19-11-13-20(14-12-19)28-16-18-9-5-2-6-10-18/h1-14H,15-16H2,(H,24,27). The molecule has 29 heavy (non-hydrogen) atoms. The van der Waals surface area contributed by atoms with Gasteiger partial charge in [0.15, 0.2) is 0 Å². The lowest BCUT2D eigenvalue weighted by atomic mass is 10.2. The molecular weight excluding hydrogens is 366 g/mol. The van der Waals surface area contributed by atoms with Gasteiger partial charge in [-0.05, 0) is 35.4 Å². The van der Waals surface area contributed by atoms with Crippen molar-refractivity contribution in [2.45, 2.75) is 13.0 Å². The zero-order valence-corrected chi connectivity index (χ0v) is 15.6. The summed E-state index contributed by atoms with van der Waals surface area (Å²) in [5.74, 6) is 0.593. The molecule has 4 rings (SSSR count). The van der Waals surface area contributed by atoms with Gasteiger partial charge in [0, 0.05) is 5.69 Å². The summed E-state index contributed by atoms with van der Waals surface area (Å²) in [6, 6.07) is 26.8. The molecule has 0 saturated heterocycles. The summed E-state index contributed by atoms with van der Waals surface area (Å²) in [4.78, 5) is 12.3. The van der Waals surface area contributed by atoms with Crippen molar-refractivity contribution < 1.29 is 13.9 Å². The molecule has 1 N–H and O–H groups in total. The van der Waals surface area contributed by atoms with E-state index in [2.05, 4.69) is 15.5 Å². The Morgan fingerprint density at radius 3 is 2.17 bits per heavy atom. The molecule has 0 atom stereocenters. The van der Waals surface area contributed by atoms with Crippen molar-refractivity contribution in [1.82, 2.24) is 10.2 Å². The molecule has 0 spiro atoms. The molecule has 1 amide bonds. The van der Waals surface area contributed by atoms with Gasteiger partial charge < -0.3 is 14.5 Å². The van der Waals surface area contributed by atoms with Crippen LogP contribution in [0.25, 0.3) is 0 Å². The minimum absolute atomic E-state index is 0.0691. The molecule has 3 aromatic carbocycles. The largest absolute Gasteiger partial charge is 0.489 e. The van der Waals surface area contributed by atoms with Crippen LogP contribution in [0.4, 0.5) is 5.69 Å². The normalized spacial score (nSPS) is 10.5. The summed E-state index contributed by atoms with van der Waals surface area (Å²) in [7, 11) is 0. The van der Waals surface area contributed by atoms with Crippen LogP contribution < -0.4 is 10.1 Å². The number of hydrogen-bond acceptors (Lipinski definition) is 5. The number of benzene rings is 3. The van der Waals surface area contributed by atoms with Crippen molar-refractivity contribution in [3.05, 3.63) is 108 Å². The van der Waals surface area contributed by atoms with Crippen LogP contribution in [0.3, 0.4) is 0 Å². The minimum atomic E-state index is -0.449. The second-order valence-corrected chi connectivity index (χ2v) is 6.42. The Morgan fingerprint density at radius 1 is 0.828 bits per heavy atom. The molecule has 0 unspecified atom stereocenters. The van der Waals surface area contributed by atoms with Crippen molar-refractivity contribution in [1.29, 1.82) is 0 Å². The molecular formula is C23H19N3O3. The van der Waals surface area contributed by atoms with Crippen LogP contribution in [-0.4, -0.2) is 16.1 Å². The van der Waals surface area contributed by atoms with Gasteiger partial charge >= 0.3 is 11.8 Å². The first-order valence-electron chi connectivity index (χ1n) is 9.21. The fourth-order valence-corrected chi connectivity index (χ4v) is 2.75. The number of aromatic nitrogens is 2. The van der Waals surface area contributed by atoms with Gasteiger partial charge in [0.1, 0.15) is 12.4 Å². The number of hydrogen-bond donors (Lipinski definition) is 1. The summed E-state index contributed by atoms with van der Waals surface area (Å²) in [5, 5.41) is 10.5. The topological polar surface area (TPSA) is 77.2 Å². The Labute approximate surface area is 168 Å². The van der Waals surface area contributed by atoms with Gasteiger partial charge in [-0.1, -0.05) is 60.7 Å². The van der Waals surface area contributed by atoms with E-state index in [9.17, 15) is 4.79 Å². The van der Waals surface area contributed by atoms with Gasteiger partial charge in [0.25, 0.3) is 0 Å². The van der Waals surface area contributed by atoms with Gasteiger partial charge in [-0.2, -0.15) is 0 Å². The van der Waals surface area contributed by atoms with Crippen molar-refractivity contribution in [2.75, 3.05) is 5.32 Å². The molecule has 0 radical (unpaired) electrons. The molecule has 0 saturated carbocycles. The molecule has 0 aliphatic carbocycles. The highest BCUT2D eigenvalue weighted by Gasteiger charge is 2.15. The predicted octanol–water partition coefficient (Wildman–Crippen LogP) is 4.49. The van der Waals surface area contributed by atoms with Crippen molar-refractivity contribution in [3.8, 4) is 5.75 Å². The predicted molar refractivity (Wildman–Crippen MR) is 109 cm³/mol. The van der Waals surface area contributed by atoms with Crippen LogP contribution in [0.15, 0.2) is 89.3 Å². The highest BCUT2D eigenvalue weighted by atomic mass is 16.5. The van der Waals surface area contributed by atoms with E-state index in [4.69, 9.17) is 9.15 Å². The van der Waals surface area contributed by atoms with E-state index in [1.54, 1.807) is 24.3 Å². The lowest BCUT2D eigenvalue weighted by Gasteiger charge is -2.07. The third-order valence-electron chi connectivity index (χ3n) is 4.22. The van der Waals surface area contributed by atoms with Crippen molar-refractivity contribution >= 4 is 11.6 Å². The number of amides is 1. The highest BCUT2D eigenvalue weighted by Crippen LogP contribution is 2.18. The van der Waals surface area contributed by atoms with E-state index in [0.29, 0.717) is 24.6 Å². The molecule has 0 aliphatic rings. The Balaban J connectivity index is 1.32. The second kappa shape index (κ2) is 8.84. The Morgan fingerprint density at radius 2 is 1.48 bits per heavy atom. The lowest BCUT2D eigenvalue weighted by molar-refractivity contribution is 0.0988. The number of nitrogens with zero attached hydrogens (tertiary/aromatic N) is 2. The summed E-state index contributed by atoms with van der Waals surface area (Å²) in [6.45, 7) is 0.485. The molecule has 6 heteroatoms. The average Bonchev–Trinajstić information content (AvgIpc) is 3.23. The summed E-state index contributed by atoms with van der Waals surface area (Å²) in [5.41, 5.74) is 2.74. The first-order chi connectivity index (χ1) is 14.3. The molecule has 0 bridgehead atoms. The molecule has 4 aromatic rings. The van der Waals surface area contributed by atoms with Gasteiger partial charge in [-0.25, -0.2) is 0 Å². The molecule has 1 aromatic heterocycles. The summed E-state index contributed by atoms with van der Waals surface area (Å²) in [6.07, 6.45) is 0.481. The van der Waals surface area contributed by atoms with Crippen LogP contribution in [-0.2, 0) is 13.0 Å². The van der Waals surface area contributed by atoms with Crippen molar-refractivity contribution in [2.24, 2.45) is 0 Å². The summed E-state index contributed by atoms with van der Waals surface area (Å²) >= 11 is 0. The SMILES string of the molecule is O=C(Nc1ccc(OCc2ccccc2)cc1)c1nnc(Cc2ccccc2)o1. The first kappa shape index (κ1) is 18.4. The number of carbonyl (C=O) groups is 1. The van der Waals surface area contributed by atoms with E-state index in [0.717, 1.165) is 16.9 Å². The maximum atomic E-state index is 12.3. The average molecular weight is 385 g/mol. The molecule has 6 nitrogen and oxygen atoms in total. The third-order valence-corrected chi connectivity index (χ3v) is 4.22. The van der Waals surface area contributed by atoms with E-state index >= 15 is 0 Å². The van der Waals surface area contributed by atoms with Gasteiger partial charge in [-0.3, -0.25) is 4.79 Å². The number of rotatable bonds is 7. The maximum absolute atomic E-state index is 12.3. The fraction of sp³-hybridized carbons (Fsp3) is 0.0870.